The van der Waals surface area contributed by atoms with Gasteiger partial charge in [-0.05, 0) is 44.4 Å². The Morgan fingerprint density at radius 2 is 2.05 bits per heavy atom. The summed E-state index contributed by atoms with van der Waals surface area (Å²) in [5.74, 6) is 0. The highest BCUT2D eigenvalue weighted by Gasteiger charge is 2.29. The van der Waals surface area contributed by atoms with Crippen molar-refractivity contribution in [2.24, 2.45) is 0 Å². The maximum atomic E-state index is 12.4. The number of anilines is 1. The largest absolute Gasteiger partial charge is 0.335 e. The normalized spacial score (nSPS) is 22.6. The molecule has 102 valence electrons. The fourth-order valence-electron chi connectivity index (χ4n) is 2.88. The van der Waals surface area contributed by atoms with Gasteiger partial charge in [-0.25, -0.2) is 4.79 Å². The van der Waals surface area contributed by atoms with Crippen molar-refractivity contribution in [3.8, 4) is 0 Å². The van der Waals surface area contributed by atoms with Crippen LogP contribution in [0.4, 0.5) is 10.5 Å². The first-order valence-corrected chi connectivity index (χ1v) is 7.14. The first kappa shape index (κ1) is 12.5. The molecule has 4 heteroatoms. The molecule has 0 spiro atoms. The Bertz CT molecular complexity index is 470. The molecule has 0 aromatic heterocycles. The minimum absolute atomic E-state index is 0.0618. The van der Waals surface area contributed by atoms with E-state index in [1.807, 2.05) is 30.1 Å². The molecule has 1 aromatic carbocycles. The van der Waals surface area contributed by atoms with Crippen molar-refractivity contribution in [3.05, 3.63) is 29.8 Å². The molecule has 1 saturated carbocycles. The number of rotatable bonds is 2. The molecular weight excluding hydrogens is 238 g/mol. The van der Waals surface area contributed by atoms with Crippen LogP contribution in [-0.4, -0.2) is 25.7 Å². The Balaban J connectivity index is 1.80. The zero-order valence-electron chi connectivity index (χ0n) is 11.4. The lowest BCUT2D eigenvalue weighted by Crippen LogP contribution is -2.49. The van der Waals surface area contributed by atoms with Crippen molar-refractivity contribution in [2.75, 3.05) is 18.5 Å². The summed E-state index contributed by atoms with van der Waals surface area (Å²) in [6.07, 6.45) is 4.45. The molecule has 19 heavy (non-hydrogen) atoms. The van der Waals surface area contributed by atoms with E-state index >= 15 is 0 Å². The van der Waals surface area contributed by atoms with Crippen molar-refractivity contribution in [1.29, 1.82) is 0 Å². The van der Waals surface area contributed by atoms with Crippen molar-refractivity contribution in [1.82, 2.24) is 10.6 Å². The predicted octanol–water partition coefficient (Wildman–Crippen LogP) is 2.42. The van der Waals surface area contributed by atoms with E-state index in [4.69, 9.17) is 0 Å². The number of nitrogens with one attached hydrogen (secondary N) is 2. The molecule has 2 N–H and O–H groups in total. The van der Waals surface area contributed by atoms with E-state index in [-0.39, 0.29) is 6.03 Å². The highest BCUT2D eigenvalue weighted by Crippen LogP contribution is 2.33. The number of hydrogen-bond acceptors (Lipinski definition) is 2. The third-order valence-electron chi connectivity index (χ3n) is 4.27. The van der Waals surface area contributed by atoms with Crippen molar-refractivity contribution < 1.29 is 4.79 Å². The van der Waals surface area contributed by atoms with Crippen molar-refractivity contribution >= 4 is 11.7 Å². The summed E-state index contributed by atoms with van der Waals surface area (Å²) < 4.78 is 0. The summed E-state index contributed by atoms with van der Waals surface area (Å²) in [7, 11) is 1.98. The second kappa shape index (κ2) is 5.21. The second-order valence-electron chi connectivity index (χ2n) is 5.42. The van der Waals surface area contributed by atoms with Gasteiger partial charge in [0, 0.05) is 18.6 Å². The number of benzene rings is 1. The van der Waals surface area contributed by atoms with E-state index in [2.05, 4.69) is 16.7 Å². The van der Waals surface area contributed by atoms with Gasteiger partial charge in [0.25, 0.3) is 0 Å². The first-order chi connectivity index (χ1) is 9.29. The number of fused-ring (bicyclic) bond motifs is 1. The average Bonchev–Trinajstić information content (AvgIpc) is 2.41. The van der Waals surface area contributed by atoms with E-state index in [9.17, 15) is 4.79 Å². The SMILES string of the molecule is CNC1CCN(C(=O)NC2CCC2)c2ccccc21. The molecule has 1 aliphatic carbocycles. The van der Waals surface area contributed by atoms with Gasteiger partial charge in [-0.3, -0.25) is 4.90 Å². The molecule has 0 radical (unpaired) electrons. The number of amides is 2. The van der Waals surface area contributed by atoms with Crippen LogP contribution >= 0.6 is 0 Å². The lowest BCUT2D eigenvalue weighted by molar-refractivity contribution is 0.233. The van der Waals surface area contributed by atoms with Crippen molar-refractivity contribution in [2.45, 2.75) is 37.8 Å². The van der Waals surface area contributed by atoms with Crippen LogP contribution in [-0.2, 0) is 0 Å². The number of para-hydroxylation sites is 1. The summed E-state index contributed by atoms with van der Waals surface area (Å²) in [6, 6.07) is 8.99. The molecule has 2 amide bonds. The van der Waals surface area contributed by atoms with Gasteiger partial charge in [0.05, 0.1) is 5.69 Å². The fourth-order valence-corrected chi connectivity index (χ4v) is 2.88. The highest BCUT2D eigenvalue weighted by atomic mass is 16.2. The van der Waals surface area contributed by atoms with Gasteiger partial charge in [-0.15, -0.1) is 0 Å². The number of urea groups is 1. The second-order valence-corrected chi connectivity index (χ2v) is 5.42. The number of nitrogens with zero attached hydrogens (tertiary/aromatic N) is 1. The number of hydrogen-bond donors (Lipinski definition) is 2. The summed E-state index contributed by atoms with van der Waals surface area (Å²) >= 11 is 0. The summed E-state index contributed by atoms with van der Waals surface area (Å²) in [5, 5.41) is 6.45. The topological polar surface area (TPSA) is 44.4 Å². The van der Waals surface area contributed by atoms with Crippen molar-refractivity contribution in [3.63, 3.8) is 0 Å². The first-order valence-electron chi connectivity index (χ1n) is 7.14. The Hall–Kier alpha value is -1.55. The quantitative estimate of drug-likeness (QED) is 0.856. The van der Waals surface area contributed by atoms with E-state index < -0.39 is 0 Å². The average molecular weight is 259 g/mol. The molecule has 2 aliphatic rings. The molecule has 1 atom stereocenters. The van der Waals surface area contributed by atoms with Gasteiger partial charge in [-0.2, -0.15) is 0 Å². The van der Waals surface area contributed by atoms with Crippen LogP contribution in [0.3, 0.4) is 0 Å². The van der Waals surface area contributed by atoms with E-state index in [1.165, 1.54) is 12.0 Å². The van der Waals surface area contributed by atoms with Gasteiger partial charge < -0.3 is 10.6 Å². The van der Waals surface area contributed by atoms with Crippen LogP contribution in [0.2, 0.25) is 0 Å². The van der Waals surface area contributed by atoms with Crippen LogP contribution in [0.5, 0.6) is 0 Å². The highest BCUT2D eigenvalue weighted by molar-refractivity contribution is 5.93. The third-order valence-corrected chi connectivity index (χ3v) is 4.27. The Labute approximate surface area is 114 Å². The number of carbonyl (C=O) groups excluding carboxylic acids is 1. The standard InChI is InChI=1S/C15H21N3O/c1-16-13-9-10-18(14-8-3-2-7-12(13)14)15(19)17-11-5-4-6-11/h2-3,7-8,11,13,16H,4-6,9-10H2,1H3,(H,17,19). The zero-order valence-corrected chi connectivity index (χ0v) is 11.4. The fraction of sp³-hybridized carbons (Fsp3) is 0.533. The smallest absolute Gasteiger partial charge is 0.322 e. The maximum Gasteiger partial charge on any atom is 0.322 e. The van der Waals surface area contributed by atoms with E-state index in [0.717, 1.165) is 31.5 Å². The van der Waals surface area contributed by atoms with Crippen LogP contribution in [0, 0.1) is 0 Å². The third kappa shape index (κ3) is 2.32. The van der Waals surface area contributed by atoms with Crippen LogP contribution in [0.25, 0.3) is 0 Å². The van der Waals surface area contributed by atoms with E-state index in [1.54, 1.807) is 0 Å². The van der Waals surface area contributed by atoms with Crippen LogP contribution < -0.4 is 15.5 Å². The molecule has 1 aliphatic heterocycles. The van der Waals surface area contributed by atoms with Gasteiger partial charge in [0.1, 0.15) is 0 Å². The Morgan fingerprint density at radius 1 is 1.26 bits per heavy atom. The predicted molar refractivity (Wildman–Crippen MR) is 76.4 cm³/mol. The van der Waals surface area contributed by atoms with Gasteiger partial charge >= 0.3 is 6.03 Å². The molecule has 1 fully saturated rings. The van der Waals surface area contributed by atoms with Gasteiger partial charge in [0.15, 0.2) is 0 Å². The summed E-state index contributed by atoms with van der Waals surface area (Å²) in [4.78, 5) is 14.2. The Kier molecular flexibility index (Phi) is 3.42. The molecular formula is C15H21N3O. The minimum Gasteiger partial charge on any atom is -0.335 e. The minimum atomic E-state index is 0.0618. The molecule has 0 bridgehead atoms. The molecule has 4 nitrogen and oxygen atoms in total. The summed E-state index contributed by atoms with van der Waals surface area (Å²) in [5.41, 5.74) is 2.27. The molecule has 1 heterocycles. The monoisotopic (exact) mass is 259 g/mol. The lowest BCUT2D eigenvalue weighted by Gasteiger charge is -2.36. The number of carbonyl (C=O) groups is 1. The van der Waals surface area contributed by atoms with Crippen LogP contribution in [0.15, 0.2) is 24.3 Å². The lowest BCUT2D eigenvalue weighted by atomic mass is 9.93. The van der Waals surface area contributed by atoms with E-state index in [0.29, 0.717) is 12.1 Å². The Morgan fingerprint density at radius 3 is 2.74 bits per heavy atom. The molecule has 1 aromatic rings. The molecule has 3 rings (SSSR count). The summed E-state index contributed by atoms with van der Waals surface area (Å²) in [6.45, 7) is 0.779. The maximum absolute atomic E-state index is 12.4. The zero-order chi connectivity index (χ0) is 13.2. The van der Waals surface area contributed by atoms with Gasteiger partial charge in [-0.1, -0.05) is 18.2 Å². The van der Waals surface area contributed by atoms with Crippen LogP contribution in [0.1, 0.15) is 37.3 Å². The van der Waals surface area contributed by atoms with Gasteiger partial charge in [0.2, 0.25) is 0 Å². The molecule has 1 unspecified atom stereocenters. The molecule has 0 saturated heterocycles.